The van der Waals surface area contributed by atoms with Crippen molar-refractivity contribution in [3.63, 3.8) is 0 Å². The van der Waals surface area contributed by atoms with Gasteiger partial charge in [0.2, 0.25) is 5.91 Å². The monoisotopic (exact) mass is 312 g/mol. The van der Waals surface area contributed by atoms with Gasteiger partial charge >= 0.3 is 0 Å². The summed E-state index contributed by atoms with van der Waals surface area (Å²) in [5, 5.41) is 8.68. The third-order valence-corrected chi connectivity index (χ3v) is 2.92. The maximum atomic E-state index is 12.3. The maximum absolute atomic E-state index is 12.3. The summed E-state index contributed by atoms with van der Waals surface area (Å²) in [5.41, 5.74) is 2.60. The highest BCUT2D eigenvalue weighted by atomic mass is 16.2. The van der Waals surface area contributed by atoms with Crippen LogP contribution in [0.5, 0.6) is 0 Å². The van der Waals surface area contributed by atoms with Gasteiger partial charge in [0.1, 0.15) is 0 Å². The second-order valence-corrected chi connectivity index (χ2v) is 5.47. The SMILES string of the molecule is CC(=O)Nc1ccc(NC(=O)c2cncc(NC(C)C)c2)cc1. The maximum Gasteiger partial charge on any atom is 0.257 e. The van der Waals surface area contributed by atoms with Crippen molar-refractivity contribution >= 4 is 28.9 Å². The Hall–Kier alpha value is -2.89. The van der Waals surface area contributed by atoms with Crippen molar-refractivity contribution in [3.05, 3.63) is 48.3 Å². The lowest BCUT2D eigenvalue weighted by Crippen LogP contribution is -2.14. The van der Waals surface area contributed by atoms with Crippen LogP contribution in [0.1, 0.15) is 31.1 Å². The predicted octanol–water partition coefficient (Wildman–Crippen LogP) is 3.11. The quantitative estimate of drug-likeness (QED) is 0.792. The molecular weight excluding hydrogens is 292 g/mol. The van der Waals surface area contributed by atoms with Gasteiger partial charge < -0.3 is 16.0 Å². The van der Waals surface area contributed by atoms with Gasteiger partial charge in [0, 0.05) is 36.7 Å². The molecule has 120 valence electrons. The zero-order chi connectivity index (χ0) is 16.8. The Kier molecular flexibility index (Phi) is 5.30. The van der Waals surface area contributed by atoms with Crippen LogP contribution in [0.4, 0.5) is 17.1 Å². The van der Waals surface area contributed by atoms with E-state index in [0.717, 1.165) is 5.69 Å². The fourth-order valence-electron chi connectivity index (χ4n) is 2.02. The third kappa shape index (κ3) is 5.10. The van der Waals surface area contributed by atoms with E-state index in [1.54, 1.807) is 36.5 Å². The van der Waals surface area contributed by atoms with E-state index in [4.69, 9.17) is 0 Å². The first-order chi connectivity index (χ1) is 10.9. The lowest BCUT2D eigenvalue weighted by Gasteiger charge is -2.11. The first kappa shape index (κ1) is 16.5. The Labute approximate surface area is 135 Å². The van der Waals surface area contributed by atoms with Crippen LogP contribution in [-0.4, -0.2) is 22.8 Å². The van der Waals surface area contributed by atoms with Crippen molar-refractivity contribution in [3.8, 4) is 0 Å². The van der Waals surface area contributed by atoms with Gasteiger partial charge in [0.15, 0.2) is 0 Å². The number of amides is 2. The van der Waals surface area contributed by atoms with Crippen LogP contribution >= 0.6 is 0 Å². The van der Waals surface area contributed by atoms with E-state index in [2.05, 4.69) is 20.9 Å². The predicted molar refractivity (Wildman–Crippen MR) is 91.7 cm³/mol. The Balaban J connectivity index is 2.05. The highest BCUT2D eigenvalue weighted by Gasteiger charge is 2.08. The van der Waals surface area contributed by atoms with Crippen molar-refractivity contribution in [2.24, 2.45) is 0 Å². The van der Waals surface area contributed by atoms with Crippen molar-refractivity contribution in [1.29, 1.82) is 0 Å². The molecule has 0 atom stereocenters. The van der Waals surface area contributed by atoms with E-state index < -0.39 is 0 Å². The molecule has 2 amide bonds. The largest absolute Gasteiger partial charge is 0.382 e. The number of carbonyl (C=O) groups is 2. The zero-order valence-electron chi connectivity index (χ0n) is 13.4. The number of hydrogen-bond donors (Lipinski definition) is 3. The third-order valence-electron chi connectivity index (χ3n) is 2.92. The molecule has 6 heteroatoms. The van der Waals surface area contributed by atoms with Crippen molar-refractivity contribution in [2.45, 2.75) is 26.8 Å². The topological polar surface area (TPSA) is 83.1 Å². The van der Waals surface area contributed by atoms with E-state index >= 15 is 0 Å². The summed E-state index contributed by atoms with van der Waals surface area (Å²) in [6, 6.07) is 8.93. The molecule has 6 nitrogen and oxygen atoms in total. The minimum Gasteiger partial charge on any atom is -0.382 e. The second kappa shape index (κ2) is 7.40. The number of nitrogens with zero attached hydrogens (tertiary/aromatic N) is 1. The molecule has 0 saturated carbocycles. The summed E-state index contributed by atoms with van der Waals surface area (Å²) < 4.78 is 0. The minimum absolute atomic E-state index is 0.137. The summed E-state index contributed by atoms with van der Waals surface area (Å²) in [5.74, 6) is -0.375. The molecule has 3 N–H and O–H groups in total. The van der Waals surface area contributed by atoms with Gasteiger partial charge in [0.25, 0.3) is 5.91 Å². The van der Waals surface area contributed by atoms with E-state index in [-0.39, 0.29) is 17.9 Å². The normalized spacial score (nSPS) is 10.3. The molecule has 0 radical (unpaired) electrons. The van der Waals surface area contributed by atoms with Crippen molar-refractivity contribution in [2.75, 3.05) is 16.0 Å². The van der Waals surface area contributed by atoms with Crippen LogP contribution in [0, 0.1) is 0 Å². The van der Waals surface area contributed by atoms with E-state index in [1.165, 1.54) is 13.1 Å². The van der Waals surface area contributed by atoms with Crippen molar-refractivity contribution in [1.82, 2.24) is 4.98 Å². The highest BCUT2D eigenvalue weighted by Crippen LogP contribution is 2.16. The molecule has 0 bridgehead atoms. The molecule has 0 aliphatic heterocycles. The molecular formula is C17H20N4O2. The summed E-state index contributed by atoms with van der Waals surface area (Å²) in [6.07, 6.45) is 3.20. The molecule has 0 aliphatic rings. The summed E-state index contributed by atoms with van der Waals surface area (Å²) in [7, 11) is 0. The molecule has 1 heterocycles. The van der Waals surface area contributed by atoms with E-state index in [1.807, 2.05) is 13.8 Å². The van der Waals surface area contributed by atoms with E-state index in [0.29, 0.717) is 16.9 Å². The van der Waals surface area contributed by atoms with Crippen LogP contribution < -0.4 is 16.0 Å². The fourth-order valence-corrected chi connectivity index (χ4v) is 2.02. The Morgan fingerprint density at radius 1 is 0.957 bits per heavy atom. The number of hydrogen-bond acceptors (Lipinski definition) is 4. The van der Waals surface area contributed by atoms with Crippen molar-refractivity contribution < 1.29 is 9.59 Å². The smallest absolute Gasteiger partial charge is 0.257 e. The molecule has 23 heavy (non-hydrogen) atoms. The number of aromatic nitrogens is 1. The van der Waals surface area contributed by atoms with Crippen LogP contribution in [0.3, 0.4) is 0 Å². The van der Waals surface area contributed by atoms with Gasteiger partial charge in [-0.3, -0.25) is 14.6 Å². The molecule has 0 saturated heterocycles. The summed E-state index contributed by atoms with van der Waals surface area (Å²) in [6.45, 7) is 5.48. The van der Waals surface area contributed by atoms with Gasteiger partial charge in [-0.2, -0.15) is 0 Å². The molecule has 0 aliphatic carbocycles. The zero-order valence-corrected chi connectivity index (χ0v) is 13.4. The Bertz CT molecular complexity index is 696. The highest BCUT2D eigenvalue weighted by molar-refractivity contribution is 6.04. The Morgan fingerprint density at radius 2 is 1.57 bits per heavy atom. The lowest BCUT2D eigenvalue weighted by atomic mass is 10.2. The van der Waals surface area contributed by atoms with Gasteiger partial charge in [-0.1, -0.05) is 0 Å². The second-order valence-electron chi connectivity index (χ2n) is 5.47. The van der Waals surface area contributed by atoms with Crippen LogP contribution in [0.25, 0.3) is 0 Å². The average molecular weight is 312 g/mol. The molecule has 1 aromatic heterocycles. The standard InChI is InChI=1S/C17H20N4O2/c1-11(2)19-16-8-13(9-18-10-16)17(23)21-15-6-4-14(5-7-15)20-12(3)22/h4-11,19H,1-3H3,(H,20,22)(H,21,23). The van der Waals surface area contributed by atoms with Crippen LogP contribution in [0.2, 0.25) is 0 Å². The molecule has 1 aromatic carbocycles. The number of rotatable bonds is 5. The number of nitrogens with one attached hydrogen (secondary N) is 3. The van der Waals surface area contributed by atoms with Gasteiger partial charge in [0.05, 0.1) is 11.3 Å². The fraction of sp³-hybridized carbons (Fsp3) is 0.235. The van der Waals surface area contributed by atoms with Gasteiger partial charge in [-0.25, -0.2) is 0 Å². The Morgan fingerprint density at radius 3 is 2.13 bits per heavy atom. The first-order valence-electron chi connectivity index (χ1n) is 7.34. The van der Waals surface area contributed by atoms with Crippen LogP contribution in [-0.2, 0) is 4.79 Å². The molecule has 2 rings (SSSR count). The molecule has 0 spiro atoms. The summed E-state index contributed by atoms with van der Waals surface area (Å²) >= 11 is 0. The lowest BCUT2D eigenvalue weighted by molar-refractivity contribution is -0.114. The summed E-state index contributed by atoms with van der Waals surface area (Å²) in [4.78, 5) is 27.3. The number of pyridine rings is 1. The number of benzene rings is 1. The molecule has 0 unspecified atom stereocenters. The number of anilines is 3. The van der Waals surface area contributed by atoms with Gasteiger partial charge in [-0.05, 0) is 44.2 Å². The van der Waals surface area contributed by atoms with E-state index in [9.17, 15) is 9.59 Å². The number of carbonyl (C=O) groups excluding carboxylic acids is 2. The first-order valence-corrected chi connectivity index (χ1v) is 7.34. The molecule has 2 aromatic rings. The van der Waals surface area contributed by atoms with Crippen LogP contribution in [0.15, 0.2) is 42.7 Å². The average Bonchev–Trinajstić information content (AvgIpc) is 2.48. The minimum atomic E-state index is -0.239. The molecule has 0 fully saturated rings. The van der Waals surface area contributed by atoms with Gasteiger partial charge in [-0.15, -0.1) is 0 Å².